The predicted molar refractivity (Wildman–Crippen MR) is 89.1 cm³/mol. The SMILES string of the molecule is N#Cc1cc(Cl)nc(Cl)c1.NC(=S)c1cc(Cl)nc(Cl)c1. The third kappa shape index (κ3) is 6.42. The summed E-state index contributed by atoms with van der Waals surface area (Å²) < 4.78 is 0. The maximum absolute atomic E-state index is 8.39. The van der Waals surface area contributed by atoms with Crippen LogP contribution in [0.1, 0.15) is 11.1 Å². The molecule has 0 atom stereocenters. The minimum absolute atomic E-state index is 0.240. The van der Waals surface area contributed by atoms with Crippen molar-refractivity contribution in [1.29, 1.82) is 5.26 Å². The summed E-state index contributed by atoms with van der Waals surface area (Å²) in [6.07, 6.45) is 0. The number of rotatable bonds is 1. The number of hydrogen-bond donors (Lipinski definition) is 1. The lowest BCUT2D eigenvalue weighted by Gasteiger charge is -1.98. The molecule has 9 heteroatoms. The molecule has 0 aromatic carbocycles. The summed E-state index contributed by atoms with van der Waals surface area (Å²) in [7, 11) is 0. The molecule has 0 aliphatic carbocycles. The summed E-state index contributed by atoms with van der Waals surface area (Å²) in [6.45, 7) is 0. The van der Waals surface area contributed by atoms with Crippen LogP contribution in [0.25, 0.3) is 0 Å². The highest BCUT2D eigenvalue weighted by Crippen LogP contribution is 2.14. The molecular weight excluding hydrogens is 374 g/mol. The van der Waals surface area contributed by atoms with Crippen LogP contribution in [0.15, 0.2) is 24.3 Å². The molecule has 4 nitrogen and oxygen atoms in total. The van der Waals surface area contributed by atoms with Gasteiger partial charge in [-0.05, 0) is 24.3 Å². The van der Waals surface area contributed by atoms with Crippen LogP contribution in [0.3, 0.4) is 0 Å². The Labute approximate surface area is 146 Å². The fourth-order valence-corrected chi connectivity index (χ4v) is 2.18. The topological polar surface area (TPSA) is 75.6 Å². The summed E-state index contributed by atoms with van der Waals surface area (Å²) in [5.41, 5.74) is 6.39. The second-order valence-corrected chi connectivity index (χ2v) is 5.47. The van der Waals surface area contributed by atoms with Crippen molar-refractivity contribution < 1.29 is 0 Å². The van der Waals surface area contributed by atoms with E-state index in [2.05, 4.69) is 9.97 Å². The Morgan fingerprint density at radius 1 is 0.952 bits per heavy atom. The van der Waals surface area contributed by atoms with Crippen molar-refractivity contribution in [2.24, 2.45) is 5.73 Å². The van der Waals surface area contributed by atoms with Gasteiger partial charge >= 0.3 is 0 Å². The van der Waals surface area contributed by atoms with E-state index in [1.54, 1.807) is 12.1 Å². The molecule has 0 bridgehead atoms. The first-order chi connectivity index (χ1) is 9.81. The van der Waals surface area contributed by atoms with Gasteiger partial charge in [0, 0.05) is 5.56 Å². The fraction of sp³-hybridized carbons (Fsp3) is 0. The lowest BCUT2D eigenvalue weighted by molar-refractivity contribution is 1.31. The van der Waals surface area contributed by atoms with E-state index in [4.69, 9.17) is 69.6 Å². The minimum atomic E-state index is 0.240. The first-order valence-electron chi connectivity index (χ1n) is 5.18. The molecule has 0 amide bonds. The Morgan fingerprint density at radius 3 is 1.67 bits per heavy atom. The Balaban J connectivity index is 0.000000211. The van der Waals surface area contributed by atoms with Crippen LogP contribution < -0.4 is 5.73 Å². The number of pyridine rings is 2. The highest BCUT2D eigenvalue weighted by Gasteiger charge is 2.00. The molecule has 2 aromatic rings. The van der Waals surface area contributed by atoms with E-state index in [1.807, 2.05) is 6.07 Å². The molecule has 0 aliphatic heterocycles. The number of hydrogen-bond acceptors (Lipinski definition) is 4. The summed E-state index contributed by atoms with van der Waals surface area (Å²) >= 11 is 26.8. The quantitative estimate of drug-likeness (QED) is 0.591. The first-order valence-corrected chi connectivity index (χ1v) is 7.10. The summed E-state index contributed by atoms with van der Waals surface area (Å²) in [6, 6.07) is 7.93. The van der Waals surface area contributed by atoms with Gasteiger partial charge in [-0.2, -0.15) is 5.26 Å². The maximum atomic E-state index is 8.39. The average Bonchev–Trinajstić information content (AvgIpc) is 2.37. The third-order valence-electron chi connectivity index (χ3n) is 1.94. The van der Waals surface area contributed by atoms with Crippen molar-refractivity contribution in [2.75, 3.05) is 0 Å². The van der Waals surface area contributed by atoms with Gasteiger partial charge in [0.15, 0.2) is 0 Å². The monoisotopic (exact) mass is 378 g/mol. The van der Waals surface area contributed by atoms with Crippen molar-refractivity contribution in [3.63, 3.8) is 0 Å². The van der Waals surface area contributed by atoms with Crippen molar-refractivity contribution in [3.8, 4) is 6.07 Å². The third-order valence-corrected chi connectivity index (χ3v) is 2.95. The van der Waals surface area contributed by atoms with Gasteiger partial charge in [-0.3, -0.25) is 0 Å². The second kappa shape index (κ2) is 8.32. The molecule has 0 saturated heterocycles. The summed E-state index contributed by atoms with van der Waals surface area (Å²) in [4.78, 5) is 7.65. The van der Waals surface area contributed by atoms with Gasteiger partial charge in [0.25, 0.3) is 0 Å². The molecule has 0 unspecified atom stereocenters. The minimum Gasteiger partial charge on any atom is -0.389 e. The number of nitrogens with two attached hydrogens (primary N) is 1. The van der Waals surface area contributed by atoms with Gasteiger partial charge in [0.2, 0.25) is 0 Å². The van der Waals surface area contributed by atoms with Crippen molar-refractivity contribution in [1.82, 2.24) is 9.97 Å². The first kappa shape index (κ1) is 17.9. The molecule has 2 rings (SSSR count). The van der Waals surface area contributed by atoms with Crippen molar-refractivity contribution in [2.45, 2.75) is 0 Å². The molecule has 2 heterocycles. The number of nitrogens with zero attached hydrogens (tertiary/aromatic N) is 3. The van der Waals surface area contributed by atoms with E-state index in [0.717, 1.165) is 0 Å². The van der Waals surface area contributed by atoms with Crippen LogP contribution in [0.4, 0.5) is 0 Å². The molecule has 2 N–H and O–H groups in total. The lowest BCUT2D eigenvalue weighted by atomic mass is 10.3. The number of thiocarbonyl (C=S) groups is 1. The summed E-state index contributed by atoms with van der Waals surface area (Å²) in [5, 5.41) is 9.46. The van der Waals surface area contributed by atoms with Crippen LogP contribution in [0, 0.1) is 11.3 Å². The van der Waals surface area contributed by atoms with E-state index >= 15 is 0 Å². The number of aromatic nitrogens is 2. The van der Waals surface area contributed by atoms with Crippen LogP contribution in [-0.2, 0) is 0 Å². The molecule has 0 aliphatic rings. The van der Waals surface area contributed by atoms with Gasteiger partial charge in [-0.1, -0.05) is 58.6 Å². The Bertz CT molecular complexity index is 674. The number of nitriles is 1. The van der Waals surface area contributed by atoms with Crippen LogP contribution in [0.5, 0.6) is 0 Å². The van der Waals surface area contributed by atoms with Crippen LogP contribution in [0.2, 0.25) is 20.6 Å². The smallest absolute Gasteiger partial charge is 0.132 e. The Morgan fingerprint density at radius 2 is 1.33 bits per heavy atom. The maximum Gasteiger partial charge on any atom is 0.132 e. The van der Waals surface area contributed by atoms with Gasteiger partial charge in [-0.15, -0.1) is 0 Å². The Kier molecular flexibility index (Phi) is 7.09. The Hall–Kier alpha value is -1.16. The molecule has 0 fully saturated rings. The van der Waals surface area contributed by atoms with Gasteiger partial charge in [-0.25, -0.2) is 9.97 Å². The molecule has 108 valence electrons. The predicted octanol–water partition coefficient (Wildman–Crippen LogP) is 4.28. The molecule has 21 heavy (non-hydrogen) atoms. The average molecular weight is 380 g/mol. The summed E-state index contributed by atoms with van der Waals surface area (Å²) in [5.74, 6) is 0. The van der Waals surface area contributed by atoms with Crippen LogP contribution in [-0.4, -0.2) is 15.0 Å². The normalized spacial score (nSPS) is 9.29. The highest BCUT2D eigenvalue weighted by molar-refractivity contribution is 7.80. The number of halogens is 4. The standard InChI is InChI=1S/C6H4Cl2N2S.C6H2Cl2N2/c7-4-1-3(6(9)11)2-5(8)10-4;7-5-1-4(3-9)2-6(8)10-5/h1-2H,(H2,9,11);1-2H. The van der Waals surface area contributed by atoms with Crippen molar-refractivity contribution >= 4 is 63.6 Å². The van der Waals surface area contributed by atoms with Gasteiger partial charge in [0.05, 0.1) is 11.6 Å². The van der Waals surface area contributed by atoms with Gasteiger partial charge in [0.1, 0.15) is 25.6 Å². The molecule has 2 aromatic heterocycles. The van der Waals surface area contributed by atoms with E-state index in [1.165, 1.54) is 12.1 Å². The molecule has 0 spiro atoms. The fourth-order valence-electron chi connectivity index (χ4n) is 1.14. The van der Waals surface area contributed by atoms with Crippen LogP contribution >= 0.6 is 58.6 Å². The zero-order valence-corrected chi connectivity index (χ0v) is 14.0. The second-order valence-electron chi connectivity index (χ2n) is 3.48. The lowest BCUT2D eigenvalue weighted by Crippen LogP contribution is -2.09. The highest BCUT2D eigenvalue weighted by atomic mass is 35.5. The van der Waals surface area contributed by atoms with Crippen molar-refractivity contribution in [3.05, 3.63) is 56.0 Å². The molecular formula is C12H6Cl4N4S. The van der Waals surface area contributed by atoms with E-state index in [-0.39, 0.29) is 15.3 Å². The van der Waals surface area contributed by atoms with E-state index in [0.29, 0.717) is 21.4 Å². The zero-order chi connectivity index (χ0) is 16.0. The van der Waals surface area contributed by atoms with E-state index in [9.17, 15) is 0 Å². The zero-order valence-electron chi connectivity index (χ0n) is 10.1. The molecule has 0 radical (unpaired) electrons. The van der Waals surface area contributed by atoms with Gasteiger partial charge < -0.3 is 5.73 Å². The largest absolute Gasteiger partial charge is 0.389 e. The van der Waals surface area contributed by atoms with E-state index < -0.39 is 0 Å². The molecule has 0 saturated carbocycles.